The number of thiazole rings is 1. The van der Waals surface area contributed by atoms with E-state index < -0.39 is 12.1 Å². The minimum atomic E-state index is -0.927. The molecule has 0 aliphatic rings. The van der Waals surface area contributed by atoms with Crippen LogP contribution >= 0.6 is 22.7 Å². The highest BCUT2D eigenvalue weighted by Crippen LogP contribution is 2.28. The Hall–Kier alpha value is -2.51. The topological polar surface area (TPSA) is 68.3 Å². The highest BCUT2D eigenvalue weighted by molar-refractivity contribution is 7.20. The second-order valence-corrected chi connectivity index (χ2v) is 8.25. The van der Waals surface area contributed by atoms with Gasteiger partial charge >= 0.3 is 5.97 Å². The third-order valence-corrected chi connectivity index (χ3v) is 6.34. The summed E-state index contributed by atoms with van der Waals surface area (Å²) in [5.74, 6) is -0.644. The molecule has 1 amide bonds. The van der Waals surface area contributed by atoms with Crippen LogP contribution in [0.3, 0.4) is 0 Å². The van der Waals surface area contributed by atoms with Gasteiger partial charge in [0.25, 0.3) is 5.91 Å². The lowest BCUT2D eigenvalue weighted by Crippen LogP contribution is -2.30. The minimum Gasteiger partial charge on any atom is -0.448 e. The van der Waals surface area contributed by atoms with Gasteiger partial charge in [-0.2, -0.15) is 0 Å². The summed E-state index contributed by atoms with van der Waals surface area (Å²) in [6.07, 6.45) is 0.0396. The van der Waals surface area contributed by atoms with E-state index in [4.69, 9.17) is 4.74 Å². The Kier molecular flexibility index (Phi) is 6.59. The fourth-order valence-corrected chi connectivity index (χ4v) is 4.25. The van der Waals surface area contributed by atoms with Crippen molar-refractivity contribution in [3.63, 3.8) is 0 Å². The number of carbonyl (C=O) groups excluding carboxylic acids is 2. The first-order valence-electron chi connectivity index (χ1n) is 9.09. The molecule has 2 atom stereocenters. The zero-order valence-electron chi connectivity index (χ0n) is 16.0. The number of ether oxygens (including phenoxy) is 1. The van der Waals surface area contributed by atoms with Crippen LogP contribution in [0.2, 0.25) is 0 Å². The molecule has 0 spiro atoms. The third-order valence-electron chi connectivity index (χ3n) is 4.46. The maximum Gasteiger partial charge on any atom is 0.358 e. The van der Waals surface area contributed by atoms with Crippen molar-refractivity contribution in [1.29, 1.82) is 0 Å². The predicted octanol–water partition coefficient (Wildman–Crippen LogP) is 5.57. The van der Waals surface area contributed by atoms with Crippen LogP contribution in [0.4, 0.5) is 5.69 Å². The Labute approximate surface area is 172 Å². The summed E-state index contributed by atoms with van der Waals surface area (Å²) in [7, 11) is 0. The van der Waals surface area contributed by atoms with Crippen molar-refractivity contribution in [2.45, 2.75) is 39.2 Å². The standard InChI is InChI=1S/C21H22N2O3S2/c1-4-13(2)15-8-5-6-9-16(15)22-19(24)14(3)26-21(25)17-12-28-20(23-17)18-10-7-11-27-18/h5-14H,4H2,1-3H3,(H,22,24)/t13-,14+/m0/s1. The molecule has 0 unspecified atom stereocenters. The predicted molar refractivity (Wildman–Crippen MR) is 114 cm³/mol. The van der Waals surface area contributed by atoms with Crippen molar-refractivity contribution in [3.8, 4) is 9.88 Å². The number of rotatable bonds is 7. The normalized spacial score (nSPS) is 13.0. The summed E-state index contributed by atoms with van der Waals surface area (Å²) in [6, 6.07) is 11.6. The molecule has 0 aliphatic heterocycles. The van der Waals surface area contributed by atoms with E-state index >= 15 is 0 Å². The van der Waals surface area contributed by atoms with Gasteiger partial charge < -0.3 is 10.1 Å². The van der Waals surface area contributed by atoms with Crippen LogP contribution in [0, 0.1) is 0 Å². The molecular formula is C21H22N2O3S2. The van der Waals surface area contributed by atoms with Crippen molar-refractivity contribution >= 4 is 40.2 Å². The average Bonchev–Trinajstić information content (AvgIpc) is 3.39. The number of nitrogens with zero attached hydrogens (tertiary/aromatic N) is 1. The fraction of sp³-hybridized carbons (Fsp3) is 0.286. The Morgan fingerprint density at radius 1 is 1.14 bits per heavy atom. The van der Waals surface area contributed by atoms with E-state index in [1.165, 1.54) is 11.3 Å². The Morgan fingerprint density at radius 3 is 2.64 bits per heavy atom. The van der Waals surface area contributed by atoms with Gasteiger partial charge in [0.1, 0.15) is 5.01 Å². The molecule has 2 heterocycles. The molecule has 0 radical (unpaired) electrons. The first-order valence-corrected chi connectivity index (χ1v) is 10.9. The number of para-hydroxylation sites is 1. The molecular weight excluding hydrogens is 392 g/mol. The van der Waals surface area contributed by atoms with Crippen LogP contribution in [-0.4, -0.2) is 23.0 Å². The van der Waals surface area contributed by atoms with E-state index in [-0.39, 0.29) is 11.6 Å². The van der Waals surface area contributed by atoms with Gasteiger partial charge in [0.15, 0.2) is 11.8 Å². The number of benzene rings is 1. The van der Waals surface area contributed by atoms with Crippen LogP contribution in [0.25, 0.3) is 9.88 Å². The summed E-state index contributed by atoms with van der Waals surface area (Å²) in [5.41, 5.74) is 2.03. The largest absolute Gasteiger partial charge is 0.448 e. The zero-order valence-corrected chi connectivity index (χ0v) is 17.6. The number of nitrogens with one attached hydrogen (secondary N) is 1. The van der Waals surface area contributed by atoms with Crippen molar-refractivity contribution in [2.75, 3.05) is 5.32 Å². The number of anilines is 1. The summed E-state index contributed by atoms with van der Waals surface area (Å²) in [6.45, 7) is 5.78. The van der Waals surface area contributed by atoms with E-state index in [1.807, 2.05) is 41.8 Å². The van der Waals surface area contributed by atoms with Gasteiger partial charge in [-0.3, -0.25) is 4.79 Å². The number of aromatic nitrogens is 1. The van der Waals surface area contributed by atoms with E-state index in [9.17, 15) is 9.59 Å². The van der Waals surface area contributed by atoms with E-state index in [0.29, 0.717) is 5.92 Å². The lowest BCUT2D eigenvalue weighted by molar-refractivity contribution is -0.123. The number of carbonyl (C=O) groups is 2. The van der Waals surface area contributed by atoms with Crippen LogP contribution in [-0.2, 0) is 9.53 Å². The molecule has 0 saturated heterocycles. The summed E-state index contributed by atoms with van der Waals surface area (Å²) in [4.78, 5) is 30.2. The number of thiophene rings is 1. The van der Waals surface area contributed by atoms with Crippen LogP contribution in [0.1, 0.15) is 49.2 Å². The molecule has 0 bridgehead atoms. The molecule has 5 nitrogen and oxygen atoms in total. The monoisotopic (exact) mass is 414 g/mol. The quantitative estimate of drug-likeness (QED) is 0.513. The minimum absolute atomic E-state index is 0.216. The SMILES string of the molecule is CC[C@H](C)c1ccccc1NC(=O)[C@@H](C)OC(=O)c1csc(-c2cccs2)n1. The molecule has 3 aromatic rings. The first-order chi connectivity index (χ1) is 13.5. The molecule has 1 N–H and O–H groups in total. The zero-order chi connectivity index (χ0) is 20.1. The highest BCUT2D eigenvalue weighted by Gasteiger charge is 2.22. The van der Waals surface area contributed by atoms with Gasteiger partial charge in [0.05, 0.1) is 4.88 Å². The van der Waals surface area contributed by atoms with Crippen molar-refractivity contribution < 1.29 is 14.3 Å². The summed E-state index contributed by atoms with van der Waals surface area (Å²) in [5, 5.41) is 7.25. The number of hydrogen-bond acceptors (Lipinski definition) is 6. The number of esters is 1. The second kappa shape index (κ2) is 9.12. The smallest absolute Gasteiger partial charge is 0.358 e. The van der Waals surface area contributed by atoms with Crippen LogP contribution in [0.15, 0.2) is 47.2 Å². The molecule has 2 aromatic heterocycles. The lowest BCUT2D eigenvalue weighted by Gasteiger charge is -2.18. The van der Waals surface area contributed by atoms with Gasteiger partial charge in [-0.15, -0.1) is 22.7 Å². The lowest BCUT2D eigenvalue weighted by atomic mass is 9.97. The van der Waals surface area contributed by atoms with Gasteiger partial charge in [0, 0.05) is 11.1 Å². The second-order valence-electron chi connectivity index (χ2n) is 6.45. The maximum absolute atomic E-state index is 12.5. The Bertz CT molecular complexity index is 950. The molecule has 3 rings (SSSR count). The maximum atomic E-state index is 12.5. The third kappa shape index (κ3) is 4.66. The van der Waals surface area contributed by atoms with E-state index in [1.54, 1.807) is 23.6 Å². The summed E-state index contributed by atoms with van der Waals surface area (Å²) < 4.78 is 5.32. The molecule has 0 aliphatic carbocycles. The first kappa shape index (κ1) is 20.2. The fourth-order valence-electron chi connectivity index (χ4n) is 2.65. The number of hydrogen-bond donors (Lipinski definition) is 1. The van der Waals surface area contributed by atoms with Gasteiger partial charge in [-0.1, -0.05) is 38.1 Å². The Balaban J connectivity index is 1.64. The Morgan fingerprint density at radius 2 is 1.93 bits per heavy atom. The molecule has 7 heteroatoms. The van der Waals surface area contributed by atoms with E-state index in [2.05, 4.69) is 24.1 Å². The number of amides is 1. The van der Waals surface area contributed by atoms with Gasteiger partial charge in [-0.05, 0) is 42.3 Å². The average molecular weight is 415 g/mol. The summed E-state index contributed by atoms with van der Waals surface area (Å²) >= 11 is 2.94. The van der Waals surface area contributed by atoms with Gasteiger partial charge in [-0.25, -0.2) is 9.78 Å². The highest BCUT2D eigenvalue weighted by atomic mass is 32.1. The van der Waals surface area contributed by atoms with Crippen molar-refractivity contribution in [2.24, 2.45) is 0 Å². The van der Waals surface area contributed by atoms with E-state index in [0.717, 1.165) is 27.6 Å². The molecule has 0 saturated carbocycles. The molecule has 146 valence electrons. The molecule has 0 fully saturated rings. The van der Waals surface area contributed by atoms with Crippen molar-refractivity contribution in [1.82, 2.24) is 4.98 Å². The van der Waals surface area contributed by atoms with Crippen LogP contribution in [0.5, 0.6) is 0 Å². The molecule has 28 heavy (non-hydrogen) atoms. The molecule has 1 aromatic carbocycles. The van der Waals surface area contributed by atoms with Crippen LogP contribution < -0.4 is 5.32 Å². The van der Waals surface area contributed by atoms with Gasteiger partial charge in [0.2, 0.25) is 0 Å². The van der Waals surface area contributed by atoms with Crippen molar-refractivity contribution in [3.05, 3.63) is 58.4 Å².